The number of para-hydroxylation sites is 2. The van der Waals surface area contributed by atoms with Gasteiger partial charge < -0.3 is 10.2 Å². The highest BCUT2D eigenvalue weighted by molar-refractivity contribution is 5.95. The molecule has 3 aromatic rings. The Hall–Kier alpha value is -3.48. The highest BCUT2D eigenvalue weighted by atomic mass is 16.2. The SMILES string of the molecule is Cc1cccc(C)c1NC(=O)CN(C)C(=O)CCn1cnc2ccccc2c1=O. The number of amides is 2. The second-order valence-corrected chi connectivity index (χ2v) is 7.08. The third-order valence-corrected chi connectivity index (χ3v) is 4.85. The number of anilines is 1. The molecule has 1 heterocycles. The minimum absolute atomic E-state index is 0.0581. The lowest BCUT2D eigenvalue weighted by atomic mass is 10.1. The van der Waals surface area contributed by atoms with Gasteiger partial charge in [-0.05, 0) is 37.1 Å². The van der Waals surface area contributed by atoms with Crippen molar-refractivity contribution in [1.82, 2.24) is 14.5 Å². The molecule has 0 bridgehead atoms. The Morgan fingerprint density at radius 2 is 1.76 bits per heavy atom. The summed E-state index contributed by atoms with van der Waals surface area (Å²) in [5.74, 6) is -0.482. The number of carbonyl (C=O) groups is 2. The second-order valence-electron chi connectivity index (χ2n) is 7.08. The number of aryl methyl sites for hydroxylation is 3. The minimum Gasteiger partial charge on any atom is -0.336 e. The third-order valence-electron chi connectivity index (χ3n) is 4.85. The molecule has 0 radical (unpaired) electrons. The van der Waals surface area contributed by atoms with Crippen LogP contribution in [0.3, 0.4) is 0 Å². The number of rotatable bonds is 6. The van der Waals surface area contributed by atoms with Gasteiger partial charge in [0.05, 0.1) is 23.8 Å². The molecule has 2 aromatic carbocycles. The van der Waals surface area contributed by atoms with E-state index < -0.39 is 0 Å². The monoisotopic (exact) mass is 392 g/mol. The van der Waals surface area contributed by atoms with E-state index in [0.29, 0.717) is 10.9 Å². The van der Waals surface area contributed by atoms with E-state index in [9.17, 15) is 14.4 Å². The predicted molar refractivity (Wildman–Crippen MR) is 113 cm³/mol. The Morgan fingerprint density at radius 1 is 1.07 bits per heavy atom. The van der Waals surface area contributed by atoms with Gasteiger partial charge in [0.15, 0.2) is 0 Å². The highest BCUT2D eigenvalue weighted by Gasteiger charge is 2.15. The fourth-order valence-electron chi connectivity index (χ4n) is 3.17. The van der Waals surface area contributed by atoms with Crippen LogP contribution in [-0.4, -0.2) is 39.9 Å². The predicted octanol–water partition coefficient (Wildman–Crippen LogP) is 2.50. The van der Waals surface area contributed by atoms with Crippen LogP contribution in [-0.2, 0) is 16.1 Å². The topological polar surface area (TPSA) is 84.3 Å². The zero-order valence-electron chi connectivity index (χ0n) is 16.8. The van der Waals surface area contributed by atoms with Gasteiger partial charge in [0.1, 0.15) is 0 Å². The number of nitrogens with one attached hydrogen (secondary N) is 1. The van der Waals surface area contributed by atoms with Gasteiger partial charge in [-0.3, -0.25) is 19.0 Å². The van der Waals surface area contributed by atoms with E-state index in [2.05, 4.69) is 10.3 Å². The van der Waals surface area contributed by atoms with Crippen LogP contribution >= 0.6 is 0 Å². The van der Waals surface area contributed by atoms with Gasteiger partial charge in [0, 0.05) is 25.7 Å². The lowest BCUT2D eigenvalue weighted by molar-refractivity contribution is -0.133. The molecule has 150 valence electrons. The first-order valence-electron chi connectivity index (χ1n) is 9.41. The number of carbonyl (C=O) groups excluding carboxylic acids is 2. The van der Waals surface area contributed by atoms with Gasteiger partial charge in [-0.1, -0.05) is 30.3 Å². The van der Waals surface area contributed by atoms with Crippen molar-refractivity contribution >= 4 is 28.4 Å². The van der Waals surface area contributed by atoms with E-state index in [4.69, 9.17) is 0 Å². The summed E-state index contributed by atoms with van der Waals surface area (Å²) in [6.07, 6.45) is 1.55. The summed E-state index contributed by atoms with van der Waals surface area (Å²) in [5, 5.41) is 3.39. The first-order chi connectivity index (χ1) is 13.9. The molecule has 0 aliphatic heterocycles. The average molecular weight is 392 g/mol. The summed E-state index contributed by atoms with van der Waals surface area (Å²) in [4.78, 5) is 42.9. The number of hydrogen-bond acceptors (Lipinski definition) is 4. The van der Waals surface area contributed by atoms with Gasteiger partial charge in [-0.15, -0.1) is 0 Å². The van der Waals surface area contributed by atoms with Crippen molar-refractivity contribution in [2.45, 2.75) is 26.8 Å². The molecule has 0 saturated heterocycles. The number of aromatic nitrogens is 2. The van der Waals surface area contributed by atoms with Crippen LogP contribution < -0.4 is 10.9 Å². The second kappa shape index (κ2) is 8.68. The lowest BCUT2D eigenvalue weighted by Gasteiger charge is -2.18. The molecule has 29 heavy (non-hydrogen) atoms. The summed E-state index contributed by atoms with van der Waals surface area (Å²) < 4.78 is 1.42. The molecule has 1 aromatic heterocycles. The van der Waals surface area contributed by atoms with Crippen molar-refractivity contribution in [3.05, 3.63) is 70.3 Å². The Labute approximate surface area is 169 Å². The molecule has 0 fully saturated rings. The Kier molecular flexibility index (Phi) is 6.07. The van der Waals surface area contributed by atoms with E-state index >= 15 is 0 Å². The molecule has 0 unspecified atom stereocenters. The molecular weight excluding hydrogens is 368 g/mol. The smallest absolute Gasteiger partial charge is 0.261 e. The maximum absolute atomic E-state index is 12.5. The van der Waals surface area contributed by atoms with E-state index in [1.54, 1.807) is 25.2 Å². The number of fused-ring (bicyclic) bond motifs is 1. The van der Waals surface area contributed by atoms with Gasteiger partial charge in [0.25, 0.3) is 5.56 Å². The first-order valence-corrected chi connectivity index (χ1v) is 9.41. The number of benzene rings is 2. The zero-order chi connectivity index (χ0) is 21.0. The normalized spacial score (nSPS) is 10.7. The number of likely N-dealkylation sites (N-methyl/N-ethyl adjacent to an activating group) is 1. The van der Waals surface area contributed by atoms with Crippen molar-refractivity contribution in [3.63, 3.8) is 0 Å². The first kappa shape index (κ1) is 20.3. The fraction of sp³-hybridized carbons (Fsp3) is 0.273. The molecule has 0 saturated carbocycles. The van der Waals surface area contributed by atoms with Crippen LogP contribution in [0.2, 0.25) is 0 Å². The van der Waals surface area contributed by atoms with Crippen LogP contribution in [0.15, 0.2) is 53.6 Å². The summed E-state index contributed by atoms with van der Waals surface area (Å²) in [5.41, 5.74) is 3.15. The van der Waals surface area contributed by atoms with E-state index in [0.717, 1.165) is 16.8 Å². The number of hydrogen-bond donors (Lipinski definition) is 1. The maximum Gasteiger partial charge on any atom is 0.261 e. The molecule has 7 heteroatoms. The van der Waals surface area contributed by atoms with Crippen molar-refractivity contribution in [2.24, 2.45) is 0 Å². The van der Waals surface area contributed by atoms with Crippen molar-refractivity contribution < 1.29 is 9.59 Å². The molecule has 0 atom stereocenters. The van der Waals surface area contributed by atoms with Crippen LogP contribution in [0.1, 0.15) is 17.5 Å². The Bertz CT molecular complexity index is 1100. The standard InChI is InChI=1S/C22H24N4O3/c1-15-7-6-8-16(2)21(15)24-19(27)13-25(3)20(28)11-12-26-14-23-18-10-5-4-9-17(18)22(26)29/h4-10,14H,11-13H2,1-3H3,(H,24,27). The maximum atomic E-state index is 12.5. The van der Waals surface area contributed by atoms with Gasteiger partial charge in [0.2, 0.25) is 11.8 Å². The molecule has 1 N–H and O–H groups in total. The highest BCUT2D eigenvalue weighted by Crippen LogP contribution is 2.19. The molecule has 0 spiro atoms. The van der Waals surface area contributed by atoms with Crippen LogP contribution in [0.25, 0.3) is 10.9 Å². The third kappa shape index (κ3) is 4.68. The Morgan fingerprint density at radius 3 is 2.48 bits per heavy atom. The van der Waals surface area contributed by atoms with Crippen LogP contribution in [0.4, 0.5) is 5.69 Å². The summed E-state index contributed by atoms with van der Waals surface area (Å²) in [6.45, 7) is 4.00. The molecule has 3 rings (SSSR count). The van der Waals surface area contributed by atoms with E-state index in [1.165, 1.54) is 15.8 Å². The fourth-order valence-corrected chi connectivity index (χ4v) is 3.17. The molecular formula is C22H24N4O3. The molecule has 7 nitrogen and oxygen atoms in total. The van der Waals surface area contributed by atoms with Crippen molar-refractivity contribution in [1.29, 1.82) is 0 Å². The van der Waals surface area contributed by atoms with Gasteiger partial charge in [-0.25, -0.2) is 4.98 Å². The largest absolute Gasteiger partial charge is 0.336 e. The minimum atomic E-state index is -0.261. The molecule has 0 aliphatic carbocycles. The van der Waals surface area contributed by atoms with Crippen LogP contribution in [0.5, 0.6) is 0 Å². The number of nitrogens with zero attached hydrogens (tertiary/aromatic N) is 3. The lowest BCUT2D eigenvalue weighted by Crippen LogP contribution is -2.36. The quantitative estimate of drug-likeness (QED) is 0.699. The van der Waals surface area contributed by atoms with Crippen molar-refractivity contribution in [2.75, 3.05) is 18.9 Å². The summed E-state index contributed by atoms with van der Waals surface area (Å²) >= 11 is 0. The summed E-state index contributed by atoms with van der Waals surface area (Å²) in [7, 11) is 1.58. The summed E-state index contributed by atoms with van der Waals surface area (Å²) in [6, 6.07) is 12.9. The van der Waals surface area contributed by atoms with Gasteiger partial charge >= 0.3 is 0 Å². The Balaban J connectivity index is 1.59. The van der Waals surface area contributed by atoms with Gasteiger partial charge in [-0.2, -0.15) is 0 Å². The molecule has 0 aliphatic rings. The van der Waals surface area contributed by atoms with E-state index in [1.807, 2.05) is 38.1 Å². The average Bonchev–Trinajstić information content (AvgIpc) is 2.70. The van der Waals surface area contributed by atoms with E-state index in [-0.39, 0.29) is 36.9 Å². The van der Waals surface area contributed by atoms with Crippen molar-refractivity contribution in [3.8, 4) is 0 Å². The van der Waals surface area contributed by atoms with Crippen LogP contribution in [0, 0.1) is 13.8 Å². The molecule has 2 amide bonds. The zero-order valence-corrected chi connectivity index (χ0v) is 16.8.